The molecule has 0 saturated carbocycles. The van der Waals surface area contributed by atoms with E-state index >= 15 is 0 Å². The van der Waals surface area contributed by atoms with Crippen molar-refractivity contribution in [1.82, 2.24) is 16.0 Å². The lowest BCUT2D eigenvalue weighted by atomic mass is 10.1. The monoisotopic (exact) mass is 472 g/mol. The summed E-state index contributed by atoms with van der Waals surface area (Å²) in [5.41, 5.74) is 1.30. The van der Waals surface area contributed by atoms with Gasteiger partial charge in [-0.05, 0) is 29.9 Å². The molecule has 0 bridgehead atoms. The fourth-order valence-corrected chi connectivity index (χ4v) is 2.82. The number of rotatable bonds is 8. The van der Waals surface area contributed by atoms with Crippen LogP contribution in [0.4, 0.5) is 0 Å². The molecule has 0 aliphatic heterocycles. The predicted octanol–water partition coefficient (Wildman–Crippen LogP) is 2.89. The summed E-state index contributed by atoms with van der Waals surface area (Å²) in [6.07, 6.45) is 1.80. The van der Waals surface area contributed by atoms with Crippen molar-refractivity contribution in [2.24, 2.45) is 4.99 Å². The van der Waals surface area contributed by atoms with Gasteiger partial charge in [0.15, 0.2) is 5.96 Å². The summed E-state index contributed by atoms with van der Waals surface area (Å²) in [4.78, 5) is 16.7. The van der Waals surface area contributed by atoms with Gasteiger partial charge in [-0.25, -0.2) is 0 Å². The van der Waals surface area contributed by atoms with Gasteiger partial charge in [0.1, 0.15) is 0 Å². The topological polar surface area (TPSA) is 65.5 Å². The average Bonchev–Trinajstić information content (AvgIpc) is 3.15. The predicted molar refractivity (Wildman–Crippen MR) is 116 cm³/mol. The summed E-state index contributed by atoms with van der Waals surface area (Å²) in [7, 11) is 1.76. The molecular formula is C18H25IN4OS. The molecule has 25 heavy (non-hydrogen) atoms. The Morgan fingerprint density at radius 1 is 1.00 bits per heavy atom. The molecule has 0 atom stereocenters. The van der Waals surface area contributed by atoms with E-state index in [9.17, 15) is 4.79 Å². The molecule has 1 amide bonds. The van der Waals surface area contributed by atoms with E-state index in [0.717, 1.165) is 36.8 Å². The SMILES string of the molecule is CN=C(NCCCNC(=O)c1cccs1)NCCc1ccccc1.I. The molecule has 1 aromatic heterocycles. The van der Waals surface area contributed by atoms with Crippen LogP contribution < -0.4 is 16.0 Å². The largest absolute Gasteiger partial charge is 0.356 e. The van der Waals surface area contributed by atoms with E-state index in [2.05, 4.69) is 33.1 Å². The molecule has 5 nitrogen and oxygen atoms in total. The Morgan fingerprint density at radius 3 is 2.40 bits per heavy atom. The van der Waals surface area contributed by atoms with Gasteiger partial charge in [0.25, 0.3) is 5.91 Å². The van der Waals surface area contributed by atoms with E-state index in [0.29, 0.717) is 6.54 Å². The van der Waals surface area contributed by atoms with Gasteiger partial charge >= 0.3 is 0 Å². The maximum absolute atomic E-state index is 11.8. The molecule has 0 aliphatic rings. The zero-order valence-corrected chi connectivity index (χ0v) is 17.5. The molecule has 1 heterocycles. The Morgan fingerprint density at radius 2 is 1.72 bits per heavy atom. The van der Waals surface area contributed by atoms with E-state index in [1.54, 1.807) is 7.05 Å². The lowest BCUT2D eigenvalue weighted by Gasteiger charge is -2.12. The molecular weight excluding hydrogens is 447 g/mol. The van der Waals surface area contributed by atoms with Crippen molar-refractivity contribution in [3.05, 3.63) is 58.3 Å². The molecule has 7 heteroatoms. The second-order valence-corrected chi connectivity index (χ2v) is 6.20. The number of carbonyl (C=O) groups is 1. The molecule has 3 N–H and O–H groups in total. The van der Waals surface area contributed by atoms with E-state index in [-0.39, 0.29) is 29.9 Å². The van der Waals surface area contributed by atoms with Gasteiger partial charge in [-0.2, -0.15) is 0 Å². The zero-order chi connectivity index (χ0) is 17.0. The fourth-order valence-electron chi connectivity index (χ4n) is 2.18. The summed E-state index contributed by atoms with van der Waals surface area (Å²) in [5, 5.41) is 11.4. The van der Waals surface area contributed by atoms with Crippen LogP contribution in [0.1, 0.15) is 21.7 Å². The number of halogens is 1. The highest BCUT2D eigenvalue weighted by Gasteiger charge is 2.04. The van der Waals surface area contributed by atoms with Crippen molar-refractivity contribution in [2.45, 2.75) is 12.8 Å². The van der Waals surface area contributed by atoms with Gasteiger partial charge in [0.05, 0.1) is 4.88 Å². The minimum absolute atomic E-state index is 0. The summed E-state index contributed by atoms with van der Waals surface area (Å²) < 4.78 is 0. The van der Waals surface area contributed by atoms with Crippen LogP contribution in [0.25, 0.3) is 0 Å². The molecule has 0 spiro atoms. The van der Waals surface area contributed by atoms with Gasteiger partial charge in [-0.3, -0.25) is 9.79 Å². The number of carbonyl (C=O) groups excluding carboxylic acids is 1. The smallest absolute Gasteiger partial charge is 0.261 e. The number of benzene rings is 1. The van der Waals surface area contributed by atoms with Crippen LogP contribution in [0.3, 0.4) is 0 Å². The van der Waals surface area contributed by atoms with Crippen LogP contribution in [0.15, 0.2) is 52.8 Å². The van der Waals surface area contributed by atoms with E-state index in [1.165, 1.54) is 16.9 Å². The lowest BCUT2D eigenvalue weighted by molar-refractivity contribution is 0.0957. The average molecular weight is 472 g/mol. The van der Waals surface area contributed by atoms with Crippen molar-refractivity contribution < 1.29 is 4.79 Å². The lowest BCUT2D eigenvalue weighted by Crippen LogP contribution is -2.39. The van der Waals surface area contributed by atoms with Gasteiger partial charge in [0, 0.05) is 26.7 Å². The molecule has 0 aliphatic carbocycles. The third-order valence-electron chi connectivity index (χ3n) is 3.45. The van der Waals surface area contributed by atoms with Gasteiger partial charge in [-0.1, -0.05) is 36.4 Å². The van der Waals surface area contributed by atoms with Crippen LogP contribution in [0.2, 0.25) is 0 Å². The Kier molecular flexibility index (Phi) is 10.9. The zero-order valence-electron chi connectivity index (χ0n) is 14.3. The number of nitrogens with zero attached hydrogens (tertiary/aromatic N) is 1. The molecule has 2 aromatic rings. The fraction of sp³-hybridized carbons (Fsp3) is 0.333. The summed E-state index contributed by atoms with van der Waals surface area (Å²) in [6.45, 7) is 2.24. The van der Waals surface area contributed by atoms with Crippen LogP contribution in [0.5, 0.6) is 0 Å². The van der Waals surface area contributed by atoms with Crippen molar-refractivity contribution in [1.29, 1.82) is 0 Å². The maximum Gasteiger partial charge on any atom is 0.261 e. The standard InChI is InChI=1S/C18H24N4OS.HI/c1-19-18(22-13-10-15-7-3-2-4-8-15)21-12-6-11-20-17(23)16-9-5-14-24-16;/h2-5,7-9,14H,6,10-13H2,1H3,(H,20,23)(H2,19,21,22);1H. The summed E-state index contributed by atoms with van der Waals surface area (Å²) in [5.74, 6) is 0.783. The van der Waals surface area contributed by atoms with Crippen molar-refractivity contribution in [3.8, 4) is 0 Å². The van der Waals surface area contributed by atoms with Gasteiger partial charge in [0.2, 0.25) is 0 Å². The van der Waals surface area contributed by atoms with Crippen molar-refractivity contribution >= 4 is 47.2 Å². The number of hydrogen-bond acceptors (Lipinski definition) is 3. The third-order valence-corrected chi connectivity index (χ3v) is 4.32. The van der Waals surface area contributed by atoms with Crippen LogP contribution in [-0.4, -0.2) is 38.5 Å². The minimum Gasteiger partial charge on any atom is -0.356 e. The molecule has 0 fully saturated rings. The van der Waals surface area contributed by atoms with Crippen molar-refractivity contribution in [2.75, 3.05) is 26.7 Å². The number of nitrogens with one attached hydrogen (secondary N) is 3. The van der Waals surface area contributed by atoms with E-state index in [4.69, 9.17) is 0 Å². The first kappa shape index (κ1) is 21.4. The quantitative estimate of drug-likeness (QED) is 0.240. The molecule has 136 valence electrons. The van der Waals surface area contributed by atoms with Crippen LogP contribution >= 0.6 is 35.3 Å². The minimum atomic E-state index is -0.00429. The maximum atomic E-state index is 11.8. The summed E-state index contributed by atoms with van der Waals surface area (Å²) in [6, 6.07) is 14.1. The third kappa shape index (κ3) is 8.35. The Balaban J connectivity index is 0.00000312. The highest BCUT2D eigenvalue weighted by Crippen LogP contribution is 2.07. The Bertz CT molecular complexity index is 632. The summed E-state index contributed by atoms with van der Waals surface area (Å²) >= 11 is 1.45. The number of hydrogen-bond donors (Lipinski definition) is 3. The van der Waals surface area contributed by atoms with Crippen molar-refractivity contribution in [3.63, 3.8) is 0 Å². The first-order chi connectivity index (χ1) is 11.8. The Labute approximate surface area is 170 Å². The molecule has 0 radical (unpaired) electrons. The highest BCUT2D eigenvalue weighted by atomic mass is 127. The number of aliphatic imine (C=N–C) groups is 1. The molecule has 0 saturated heterocycles. The molecule has 0 unspecified atom stereocenters. The van der Waals surface area contributed by atoms with Crippen LogP contribution in [0, 0.1) is 0 Å². The second kappa shape index (κ2) is 12.7. The van der Waals surface area contributed by atoms with E-state index < -0.39 is 0 Å². The first-order valence-electron chi connectivity index (χ1n) is 8.10. The first-order valence-corrected chi connectivity index (χ1v) is 8.97. The number of guanidine groups is 1. The van der Waals surface area contributed by atoms with Crippen LogP contribution in [-0.2, 0) is 6.42 Å². The Hall–Kier alpha value is -1.61. The molecule has 2 rings (SSSR count). The second-order valence-electron chi connectivity index (χ2n) is 5.25. The normalized spacial score (nSPS) is 10.7. The number of amides is 1. The molecule has 1 aromatic carbocycles. The van der Waals surface area contributed by atoms with E-state index in [1.807, 2.05) is 35.7 Å². The highest BCUT2D eigenvalue weighted by molar-refractivity contribution is 14.0. The van der Waals surface area contributed by atoms with Gasteiger partial charge in [-0.15, -0.1) is 35.3 Å². The van der Waals surface area contributed by atoms with Gasteiger partial charge < -0.3 is 16.0 Å². The number of thiophene rings is 1.